The maximum Gasteiger partial charge on any atom is 0.0991 e. The van der Waals surface area contributed by atoms with E-state index in [2.05, 4.69) is 19.2 Å². The second kappa shape index (κ2) is 1.10. The predicted octanol–water partition coefficient (Wildman–Crippen LogP) is 0.193. The first-order chi connectivity index (χ1) is 3.17. The van der Waals surface area contributed by atoms with Crippen LogP contribution in [0.25, 0.3) is 0 Å². The molecule has 0 aliphatic heterocycles. The van der Waals surface area contributed by atoms with Gasteiger partial charge in [-0.05, 0) is 6.92 Å². The van der Waals surface area contributed by atoms with Gasteiger partial charge >= 0.3 is 0 Å². The van der Waals surface area contributed by atoms with E-state index in [1.165, 1.54) is 6.42 Å². The fraction of sp³-hybridized carbons (Fsp3) is 0.667. The third-order valence-electron chi connectivity index (χ3n) is 1.71. The second-order valence-corrected chi connectivity index (χ2v) is 2.70. The monoisotopic (exact) mass is 98.1 g/mol. The van der Waals surface area contributed by atoms with Gasteiger partial charge in [0, 0.05) is 12.3 Å². The van der Waals surface area contributed by atoms with Crippen LogP contribution in [0.15, 0.2) is 12.7 Å². The molecule has 2 atom stereocenters. The molecular weight excluding hydrogens is 86.1 g/mol. The summed E-state index contributed by atoms with van der Waals surface area (Å²) in [4.78, 5) is 0. The SMILES string of the molecule is C=CC1CC1(C)[NH3+]. The second-order valence-electron chi connectivity index (χ2n) is 2.70. The number of hydrogen-bond acceptors (Lipinski definition) is 0. The molecule has 1 saturated carbocycles. The minimum absolute atomic E-state index is 0.349. The lowest BCUT2D eigenvalue weighted by Gasteiger charge is -1.90. The van der Waals surface area contributed by atoms with Crippen LogP contribution in [0.4, 0.5) is 0 Å². The summed E-state index contributed by atoms with van der Waals surface area (Å²) < 4.78 is 0. The molecule has 0 aromatic rings. The maximum atomic E-state index is 3.96. The Labute approximate surface area is 44.2 Å². The van der Waals surface area contributed by atoms with Crippen molar-refractivity contribution in [2.45, 2.75) is 18.9 Å². The first-order valence-electron chi connectivity index (χ1n) is 2.65. The largest absolute Gasteiger partial charge is 0.352 e. The van der Waals surface area contributed by atoms with Crippen molar-refractivity contribution in [1.29, 1.82) is 0 Å². The zero-order valence-corrected chi connectivity index (χ0v) is 4.78. The zero-order chi connectivity index (χ0) is 5.49. The van der Waals surface area contributed by atoms with Crippen LogP contribution in [-0.2, 0) is 0 Å². The van der Waals surface area contributed by atoms with Gasteiger partial charge in [-0.15, -0.1) is 6.58 Å². The van der Waals surface area contributed by atoms with Gasteiger partial charge in [-0.25, -0.2) is 0 Å². The molecule has 7 heavy (non-hydrogen) atoms. The van der Waals surface area contributed by atoms with Gasteiger partial charge in [0.05, 0.1) is 5.54 Å². The Morgan fingerprint density at radius 3 is 2.43 bits per heavy atom. The van der Waals surface area contributed by atoms with E-state index < -0.39 is 0 Å². The zero-order valence-electron chi connectivity index (χ0n) is 4.78. The Hall–Kier alpha value is -0.300. The number of rotatable bonds is 1. The normalized spacial score (nSPS) is 48.6. The third kappa shape index (κ3) is 0.682. The summed E-state index contributed by atoms with van der Waals surface area (Å²) in [6, 6.07) is 0. The van der Waals surface area contributed by atoms with E-state index in [1.807, 2.05) is 6.08 Å². The van der Waals surface area contributed by atoms with Gasteiger partial charge in [0.1, 0.15) is 0 Å². The first kappa shape index (κ1) is 4.85. The van der Waals surface area contributed by atoms with E-state index in [9.17, 15) is 0 Å². The molecule has 0 aromatic carbocycles. The first-order valence-corrected chi connectivity index (χ1v) is 2.65. The Morgan fingerprint density at radius 1 is 2.00 bits per heavy atom. The van der Waals surface area contributed by atoms with Gasteiger partial charge in [0.15, 0.2) is 0 Å². The summed E-state index contributed by atoms with van der Waals surface area (Å²) in [6.45, 7) is 5.84. The Bertz CT molecular complexity index is 94.4. The molecule has 0 radical (unpaired) electrons. The van der Waals surface area contributed by atoms with Crippen molar-refractivity contribution < 1.29 is 5.73 Å². The summed E-state index contributed by atoms with van der Waals surface area (Å²) in [5, 5.41) is 0. The standard InChI is InChI=1S/C6H11N/c1-3-5-4-6(5,2)7/h3,5H,1,4,7H2,2H3/p+1. The van der Waals surface area contributed by atoms with Crippen LogP contribution in [0.1, 0.15) is 13.3 Å². The lowest BCUT2D eigenvalue weighted by atomic mass is 10.2. The molecule has 1 rings (SSSR count). The van der Waals surface area contributed by atoms with Crippen LogP contribution in [-0.4, -0.2) is 5.54 Å². The van der Waals surface area contributed by atoms with E-state index >= 15 is 0 Å². The quantitative estimate of drug-likeness (QED) is 0.453. The lowest BCUT2D eigenvalue weighted by Crippen LogP contribution is -2.62. The molecule has 0 saturated heterocycles. The molecule has 0 amide bonds. The molecule has 0 spiro atoms. The molecular formula is C6H12N+. The van der Waals surface area contributed by atoms with Crippen LogP contribution in [0.5, 0.6) is 0 Å². The van der Waals surface area contributed by atoms with Gasteiger partial charge in [0.25, 0.3) is 0 Å². The molecule has 2 unspecified atom stereocenters. The van der Waals surface area contributed by atoms with Crippen LogP contribution in [0, 0.1) is 5.92 Å². The molecule has 0 aromatic heterocycles. The fourth-order valence-electron chi connectivity index (χ4n) is 0.811. The van der Waals surface area contributed by atoms with E-state index in [0.717, 1.165) is 0 Å². The van der Waals surface area contributed by atoms with Crippen molar-refractivity contribution in [3.63, 3.8) is 0 Å². The lowest BCUT2D eigenvalue weighted by molar-refractivity contribution is -0.435. The Kier molecular flexibility index (Phi) is 0.762. The predicted molar refractivity (Wildman–Crippen MR) is 29.6 cm³/mol. The highest BCUT2D eigenvalue weighted by atomic mass is 14.8. The summed E-state index contributed by atoms with van der Waals surface area (Å²) in [6.07, 6.45) is 3.23. The Balaban J connectivity index is 2.44. The van der Waals surface area contributed by atoms with Gasteiger partial charge in [-0.2, -0.15) is 0 Å². The van der Waals surface area contributed by atoms with E-state index in [1.54, 1.807) is 0 Å². The van der Waals surface area contributed by atoms with Gasteiger partial charge in [-0.1, -0.05) is 6.08 Å². The van der Waals surface area contributed by atoms with Crippen molar-refractivity contribution >= 4 is 0 Å². The fourth-order valence-corrected chi connectivity index (χ4v) is 0.811. The molecule has 1 fully saturated rings. The van der Waals surface area contributed by atoms with Crippen molar-refractivity contribution in [2.24, 2.45) is 5.92 Å². The average molecular weight is 98.2 g/mol. The minimum Gasteiger partial charge on any atom is -0.352 e. The van der Waals surface area contributed by atoms with Crippen LogP contribution >= 0.6 is 0 Å². The average Bonchev–Trinajstić information content (AvgIpc) is 2.13. The molecule has 1 heteroatoms. The van der Waals surface area contributed by atoms with E-state index in [4.69, 9.17) is 0 Å². The topological polar surface area (TPSA) is 27.6 Å². The number of hydrogen-bond donors (Lipinski definition) is 1. The highest BCUT2D eigenvalue weighted by Crippen LogP contribution is 2.38. The van der Waals surface area contributed by atoms with Crippen molar-refractivity contribution in [3.05, 3.63) is 12.7 Å². The summed E-state index contributed by atoms with van der Waals surface area (Å²) in [5.74, 6) is 0.701. The number of quaternary nitrogens is 1. The van der Waals surface area contributed by atoms with Crippen molar-refractivity contribution in [2.75, 3.05) is 0 Å². The van der Waals surface area contributed by atoms with E-state index in [-0.39, 0.29) is 0 Å². The molecule has 40 valence electrons. The van der Waals surface area contributed by atoms with Gasteiger partial charge < -0.3 is 5.73 Å². The summed E-state index contributed by atoms with van der Waals surface area (Å²) >= 11 is 0. The molecule has 1 aliphatic carbocycles. The molecule has 1 aliphatic rings. The van der Waals surface area contributed by atoms with Gasteiger partial charge in [0.2, 0.25) is 0 Å². The molecule has 3 N–H and O–H groups in total. The smallest absolute Gasteiger partial charge is 0.0991 e. The Morgan fingerprint density at radius 2 is 2.43 bits per heavy atom. The van der Waals surface area contributed by atoms with Crippen molar-refractivity contribution in [1.82, 2.24) is 0 Å². The van der Waals surface area contributed by atoms with Gasteiger partial charge in [-0.3, -0.25) is 0 Å². The van der Waals surface area contributed by atoms with Crippen LogP contribution in [0.2, 0.25) is 0 Å². The third-order valence-corrected chi connectivity index (χ3v) is 1.71. The minimum atomic E-state index is 0.349. The summed E-state index contributed by atoms with van der Waals surface area (Å²) in [7, 11) is 0. The summed E-state index contributed by atoms with van der Waals surface area (Å²) in [5.41, 5.74) is 4.31. The van der Waals surface area contributed by atoms with Crippen LogP contribution in [0.3, 0.4) is 0 Å². The maximum absolute atomic E-state index is 3.96. The molecule has 0 heterocycles. The van der Waals surface area contributed by atoms with Crippen LogP contribution < -0.4 is 5.73 Å². The van der Waals surface area contributed by atoms with E-state index in [0.29, 0.717) is 11.5 Å². The highest BCUT2D eigenvalue weighted by Gasteiger charge is 2.48. The molecule has 0 bridgehead atoms. The molecule has 1 nitrogen and oxygen atoms in total. The highest BCUT2D eigenvalue weighted by molar-refractivity contribution is 5.07. The van der Waals surface area contributed by atoms with Crippen molar-refractivity contribution in [3.8, 4) is 0 Å².